The molecule has 0 saturated heterocycles. The number of carbonyl (C=O) groups is 2. The van der Waals surface area contributed by atoms with Crippen molar-refractivity contribution in [2.24, 2.45) is 0 Å². The second-order valence-corrected chi connectivity index (χ2v) is 5.93. The average Bonchev–Trinajstić information content (AvgIpc) is 2.73. The summed E-state index contributed by atoms with van der Waals surface area (Å²) in [6, 6.07) is 13.3. The Balaban J connectivity index is 1.87. The van der Waals surface area contributed by atoms with E-state index in [1.165, 1.54) is 31.4 Å². The van der Waals surface area contributed by atoms with Crippen molar-refractivity contribution in [2.45, 2.75) is 6.54 Å². The van der Waals surface area contributed by atoms with Crippen LogP contribution in [0.25, 0.3) is 11.3 Å². The molecule has 0 saturated carbocycles. The van der Waals surface area contributed by atoms with Gasteiger partial charge < -0.3 is 16.4 Å². The summed E-state index contributed by atoms with van der Waals surface area (Å²) in [5, 5.41) is 5.11. The largest absolute Gasteiger partial charge is 0.382 e. The minimum Gasteiger partial charge on any atom is -0.382 e. The zero-order valence-electron chi connectivity index (χ0n) is 15.1. The summed E-state index contributed by atoms with van der Waals surface area (Å²) < 4.78 is 14.2. The Morgan fingerprint density at radius 3 is 2.57 bits per heavy atom. The van der Waals surface area contributed by atoms with Gasteiger partial charge in [-0.15, -0.1) is 0 Å². The molecule has 28 heavy (non-hydrogen) atoms. The standard InChI is InChI=1S/C20H18FN5O2/c1-23-20(28)17-18(22)24-11-16(26-17)13-7-8-15(21)14(9-13)19(27)25-10-12-5-3-2-4-6-12/h2-9,11H,10H2,1H3,(H2,22,24)(H,23,28)(H,25,27). The van der Waals surface area contributed by atoms with Gasteiger partial charge in [0, 0.05) is 19.2 Å². The Labute approximate surface area is 160 Å². The summed E-state index contributed by atoms with van der Waals surface area (Å²) in [6.07, 6.45) is 1.36. The van der Waals surface area contributed by atoms with E-state index in [9.17, 15) is 14.0 Å². The van der Waals surface area contributed by atoms with Crippen molar-refractivity contribution in [3.8, 4) is 11.3 Å². The fraction of sp³-hybridized carbons (Fsp3) is 0.100. The number of amides is 2. The lowest BCUT2D eigenvalue weighted by Gasteiger charge is -2.09. The Morgan fingerprint density at radius 2 is 1.86 bits per heavy atom. The van der Waals surface area contributed by atoms with E-state index in [0.29, 0.717) is 11.3 Å². The van der Waals surface area contributed by atoms with Crippen molar-refractivity contribution in [3.05, 3.63) is 77.4 Å². The van der Waals surface area contributed by atoms with Crippen LogP contribution < -0.4 is 16.4 Å². The lowest BCUT2D eigenvalue weighted by atomic mass is 10.1. The number of nitrogens with one attached hydrogen (secondary N) is 2. The van der Waals surface area contributed by atoms with Crippen molar-refractivity contribution in [2.75, 3.05) is 12.8 Å². The number of nitrogens with two attached hydrogens (primary N) is 1. The Bertz CT molecular complexity index is 1020. The van der Waals surface area contributed by atoms with Crippen LogP contribution >= 0.6 is 0 Å². The van der Waals surface area contributed by atoms with Crippen LogP contribution in [0.2, 0.25) is 0 Å². The topological polar surface area (TPSA) is 110 Å². The van der Waals surface area contributed by atoms with Crippen molar-refractivity contribution in [3.63, 3.8) is 0 Å². The van der Waals surface area contributed by atoms with Crippen LogP contribution in [0.15, 0.2) is 54.7 Å². The number of rotatable bonds is 5. The number of carbonyl (C=O) groups excluding carboxylic acids is 2. The van der Waals surface area contributed by atoms with Crippen LogP contribution in [0, 0.1) is 5.82 Å². The van der Waals surface area contributed by atoms with Gasteiger partial charge in [0.15, 0.2) is 11.5 Å². The predicted molar refractivity (Wildman–Crippen MR) is 103 cm³/mol. The second kappa shape index (κ2) is 8.26. The highest BCUT2D eigenvalue weighted by atomic mass is 19.1. The van der Waals surface area contributed by atoms with Gasteiger partial charge in [0.05, 0.1) is 17.5 Å². The lowest BCUT2D eigenvalue weighted by Crippen LogP contribution is -2.24. The molecule has 3 rings (SSSR count). The third-order valence-corrected chi connectivity index (χ3v) is 4.05. The zero-order chi connectivity index (χ0) is 20.1. The molecule has 7 nitrogen and oxygen atoms in total. The molecule has 0 bridgehead atoms. The van der Waals surface area contributed by atoms with E-state index in [1.54, 1.807) is 0 Å². The van der Waals surface area contributed by atoms with Gasteiger partial charge >= 0.3 is 0 Å². The van der Waals surface area contributed by atoms with Crippen LogP contribution in [0.5, 0.6) is 0 Å². The number of anilines is 1. The first-order valence-electron chi connectivity index (χ1n) is 8.46. The SMILES string of the molecule is CNC(=O)c1nc(-c2ccc(F)c(C(=O)NCc3ccccc3)c2)cnc1N. The third-order valence-electron chi connectivity index (χ3n) is 4.05. The Hall–Kier alpha value is -3.81. The molecule has 3 aromatic rings. The molecule has 0 aliphatic rings. The van der Waals surface area contributed by atoms with E-state index < -0.39 is 17.6 Å². The highest BCUT2D eigenvalue weighted by Crippen LogP contribution is 2.22. The van der Waals surface area contributed by atoms with E-state index in [-0.39, 0.29) is 23.6 Å². The van der Waals surface area contributed by atoms with E-state index >= 15 is 0 Å². The summed E-state index contributed by atoms with van der Waals surface area (Å²) in [5.74, 6) is -1.73. The molecule has 142 valence electrons. The molecule has 0 aliphatic heterocycles. The highest BCUT2D eigenvalue weighted by molar-refractivity contribution is 5.97. The highest BCUT2D eigenvalue weighted by Gasteiger charge is 2.16. The smallest absolute Gasteiger partial charge is 0.273 e. The van der Waals surface area contributed by atoms with Crippen molar-refractivity contribution in [1.82, 2.24) is 20.6 Å². The molecule has 1 heterocycles. The first-order valence-corrected chi connectivity index (χ1v) is 8.46. The molecule has 0 unspecified atom stereocenters. The summed E-state index contributed by atoms with van der Waals surface area (Å²) >= 11 is 0. The van der Waals surface area contributed by atoms with Crippen molar-refractivity contribution < 1.29 is 14.0 Å². The molecule has 2 amide bonds. The summed E-state index contributed by atoms with van der Waals surface area (Å²) in [6.45, 7) is 0.270. The van der Waals surface area contributed by atoms with Gasteiger partial charge in [-0.2, -0.15) is 0 Å². The van der Waals surface area contributed by atoms with Crippen LogP contribution in [0.3, 0.4) is 0 Å². The fourth-order valence-corrected chi connectivity index (χ4v) is 2.56. The molecular formula is C20H18FN5O2. The molecule has 1 aromatic heterocycles. The summed E-state index contributed by atoms with van der Waals surface area (Å²) in [5.41, 5.74) is 7.14. The number of benzene rings is 2. The summed E-state index contributed by atoms with van der Waals surface area (Å²) in [7, 11) is 1.45. The van der Waals surface area contributed by atoms with Crippen LogP contribution in [0.4, 0.5) is 10.2 Å². The molecular weight excluding hydrogens is 361 g/mol. The lowest BCUT2D eigenvalue weighted by molar-refractivity contribution is 0.0942. The third kappa shape index (κ3) is 4.12. The van der Waals surface area contributed by atoms with Gasteiger partial charge in [-0.3, -0.25) is 9.59 Å². The number of hydrogen-bond acceptors (Lipinski definition) is 5. The minimum atomic E-state index is -0.663. The van der Waals surface area contributed by atoms with Gasteiger partial charge in [-0.25, -0.2) is 14.4 Å². The van der Waals surface area contributed by atoms with E-state index in [0.717, 1.165) is 5.56 Å². The van der Waals surface area contributed by atoms with Crippen LogP contribution in [-0.2, 0) is 6.54 Å². The monoisotopic (exact) mass is 379 g/mol. The maximum absolute atomic E-state index is 14.2. The predicted octanol–water partition coefficient (Wildman–Crippen LogP) is 2.15. The van der Waals surface area contributed by atoms with Crippen molar-refractivity contribution in [1.29, 1.82) is 0 Å². The van der Waals surface area contributed by atoms with Crippen molar-refractivity contribution >= 4 is 17.6 Å². The Kier molecular flexibility index (Phi) is 5.59. The number of halogens is 1. The molecule has 0 radical (unpaired) electrons. The molecule has 8 heteroatoms. The molecule has 2 aromatic carbocycles. The summed E-state index contributed by atoms with van der Waals surface area (Å²) in [4.78, 5) is 32.4. The Morgan fingerprint density at radius 1 is 1.11 bits per heavy atom. The van der Waals surface area contributed by atoms with E-state index in [4.69, 9.17) is 5.73 Å². The van der Waals surface area contributed by atoms with E-state index in [2.05, 4.69) is 20.6 Å². The van der Waals surface area contributed by atoms with Crippen LogP contribution in [0.1, 0.15) is 26.4 Å². The quantitative estimate of drug-likeness (QED) is 0.629. The molecule has 0 spiro atoms. The average molecular weight is 379 g/mol. The number of nitrogens with zero attached hydrogens (tertiary/aromatic N) is 2. The maximum Gasteiger partial charge on any atom is 0.273 e. The van der Waals surface area contributed by atoms with Gasteiger partial charge in [-0.1, -0.05) is 30.3 Å². The first kappa shape index (κ1) is 19.0. The van der Waals surface area contributed by atoms with E-state index in [1.807, 2.05) is 30.3 Å². The second-order valence-electron chi connectivity index (χ2n) is 5.93. The maximum atomic E-state index is 14.2. The van der Waals surface area contributed by atoms with Gasteiger partial charge in [-0.05, 0) is 23.8 Å². The van der Waals surface area contributed by atoms with Gasteiger partial charge in [0.25, 0.3) is 11.8 Å². The zero-order valence-corrected chi connectivity index (χ0v) is 15.1. The normalized spacial score (nSPS) is 10.4. The first-order chi connectivity index (χ1) is 13.5. The number of aromatic nitrogens is 2. The van der Waals surface area contributed by atoms with Gasteiger partial charge in [0.2, 0.25) is 0 Å². The fourth-order valence-electron chi connectivity index (χ4n) is 2.56. The van der Waals surface area contributed by atoms with Crippen LogP contribution in [-0.4, -0.2) is 28.8 Å². The number of hydrogen-bond donors (Lipinski definition) is 3. The molecule has 4 N–H and O–H groups in total. The molecule has 0 atom stereocenters. The molecule has 0 fully saturated rings. The number of nitrogen functional groups attached to an aromatic ring is 1. The molecule has 0 aliphatic carbocycles. The minimum absolute atomic E-state index is 0.0222. The van der Waals surface area contributed by atoms with Gasteiger partial charge in [0.1, 0.15) is 5.82 Å².